The Bertz CT molecular complexity index is 1190. The molecule has 1 atom stereocenters. The number of hydrogen-bond acceptors (Lipinski definition) is 5. The van der Waals surface area contributed by atoms with Gasteiger partial charge < -0.3 is 15.1 Å². The maximum Gasteiger partial charge on any atom is 0.261 e. The Balaban J connectivity index is 1.70. The van der Waals surface area contributed by atoms with Gasteiger partial charge in [-0.05, 0) is 74.4 Å². The lowest BCUT2D eigenvalue weighted by molar-refractivity contribution is -0.127. The van der Waals surface area contributed by atoms with E-state index in [0.29, 0.717) is 22.1 Å². The minimum Gasteiger partial charge on any atom is -0.464 e. The molecule has 184 valence electrons. The van der Waals surface area contributed by atoms with E-state index in [4.69, 9.17) is 4.42 Å². The number of benzene rings is 1. The lowest BCUT2D eigenvalue weighted by atomic mass is 10.0. The maximum absolute atomic E-state index is 13.7. The highest BCUT2D eigenvalue weighted by Gasteiger charge is 2.37. The van der Waals surface area contributed by atoms with E-state index in [1.807, 2.05) is 37.4 Å². The van der Waals surface area contributed by atoms with E-state index in [1.165, 1.54) is 16.2 Å². The summed E-state index contributed by atoms with van der Waals surface area (Å²) >= 11 is 1.30. The van der Waals surface area contributed by atoms with Crippen LogP contribution in [-0.4, -0.2) is 30.3 Å². The first-order valence-corrected chi connectivity index (χ1v) is 12.8. The minimum absolute atomic E-state index is 0.0788. The molecular weight excluding hydrogens is 462 g/mol. The van der Waals surface area contributed by atoms with Gasteiger partial charge in [-0.3, -0.25) is 19.3 Å². The largest absolute Gasteiger partial charge is 0.464 e. The number of carbonyl (C=O) groups excluding carboxylic acids is 3. The topological polar surface area (TPSA) is 91.7 Å². The summed E-state index contributed by atoms with van der Waals surface area (Å²) in [5.74, 6) is 0.0271. The first-order valence-electron chi connectivity index (χ1n) is 11.9. The normalized spacial score (nSPS) is 14.5. The standard InChI is InChI=1S/C27H31N3O4S/c1-17-10-11-18(2)21(15-17)30(24(31)16-28-26(32)23-9-6-14-35-23)25(22-13-12-19(3)34-22)27(33)29-20-7-4-5-8-20/h6,9-15,20,25H,4-5,7-8,16H2,1-3H3,(H,28,32)(H,29,33)/t25-/m1/s1. The third kappa shape index (κ3) is 5.82. The molecule has 3 aromatic rings. The van der Waals surface area contributed by atoms with Crippen LogP contribution in [0.3, 0.4) is 0 Å². The monoisotopic (exact) mass is 493 g/mol. The molecule has 1 saturated carbocycles. The van der Waals surface area contributed by atoms with E-state index in [9.17, 15) is 14.4 Å². The molecule has 0 radical (unpaired) electrons. The first-order chi connectivity index (χ1) is 16.8. The third-order valence-corrected chi connectivity index (χ3v) is 7.15. The van der Waals surface area contributed by atoms with Gasteiger partial charge >= 0.3 is 0 Å². The van der Waals surface area contributed by atoms with Gasteiger partial charge in [0, 0.05) is 11.7 Å². The molecule has 8 heteroatoms. The number of hydrogen-bond donors (Lipinski definition) is 2. The van der Waals surface area contributed by atoms with Crippen LogP contribution in [0.4, 0.5) is 5.69 Å². The van der Waals surface area contributed by atoms with E-state index < -0.39 is 11.9 Å². The van der Waals surface area contributed by atoms with Crippen molar-refractivity contribution in [2.45, 2.75) is 58.5 Å². The number of amides is 3. The molecule has 0 bridgehead atoms. The second-order valence-corrected chi connectivity index (χ2v) is 10.0. The number of anilines is 1. The Morgan fingerprint density at radius 2 is 1.86 bits per heavy atom. The summed E-state index contributed by atoms with van der Waals surface area (Å²) in [6, 6.07) is 11.9. The van der Waals surface area contributed by atoms with Crippen LogP contribution < -0.4 is 15.5 Å². The van der Waals surface area contributed by atoms with Crippen molar-refractivity contribution in [2.24, 2.45) is 0 Å². The average molecular weight is 494 g/mol. The molecule has 1 aliphatic carbocycles. The number of nitrogens with zero attached hydrogens (tertiary/aromatic N) is 1. The molecule has 1 fully saturated rings. The molecule has 2 N–H and O–H groups in total. The summed E-state index contributed by atoms with van der Waals surface area (Å²) in [5, 5.41) is 7.65. The van der Waals surface area contributed by atoms with Crippen molar-refractivity contribution in [3.05, 3.63) is 75.4 Å². The van der Waals surface area contributed by atoms with Gasteiger partial charge in [-0.25, -0.2) is 0 Å². The average Bonchev–Trinajstić information content (AvgIpc) is 3.61. The summed E-state index contributed by atoms with van der Waals surface area (Å²) in [4.78, 5) is 42.0. The molecule has 2 aromatic heterocycles. The fourth-order valence-corrected chi connectivity index (χ4v) is 5.10. The predicted octanol–water partition coefficient (Wildman–Crippen LogP) is 4.83. The van der Waals surface area contributed by atoms with Gasteiger partial charge in [0.05, 0.1) is 11.4 Å². The second-order valence-electron chi connectivity index (χ2n) is 9.05. The summed E-state index contributed by atoms with van der Waals surface area (Å²) in [6.07, 6.45) is 3.99. The summed E-state index contributed by atoms with van der Waals surface area (Å²) < 4.78 is 5.90. The molecule has 7 nitrogen and oxygen atoms in total. The Labute approximate surface area is 209 Å². The first kappa shape index (κ1) is 24.7. The van der Waals surface area contributed by atoms with Crippen molar-refractivity contribution in [1.82, 2.24) is 10.6 Å². The Kier molecular flexibility index (Phi) is 7.70. The molecule has 35 heavy (non-hydrogen) atoms. The quantitative estimate of drug-likeness (QED) is 0.470. The smallest absolute Gasteiger partial charge is 0.261 e. The molecule has 2 heterocycles. The molecule has 0 saturated heterocycles. The van der Waals surface area contributed by atoms with Crippen LogP contribution in [-0.2, 0) is 9.59 Å². The molecule has 0 unspecified atom stereocenters. The number of thiophene rings is 1. The van der Waals surface area contributed by atoms with E-state index in [-0.39, 0.29) is 24.4 Å². The van der Waals surface area contributed by atoms with Crippen molar-refractivity contribution in [1.29, 1.82) is 0 Å². The lowest BCUT2D eigenvalue weighted by Gasteiger charge is -2.32. The van der Waals surface area contributed by atoms with E-state index >= 15 is 0 Å². The summed E-state index contributed by atoms with van der Waals surface area (Å²) in [6.45, 7) is 5.39. The van der Waals surface area contributed by atoms with E-state index in [1.54, 1.807) is 31.2 Å². The Hall–Kier alpha value is -3.39. The van der Waals surface area contributed by atoms with Gasteiger partial charge in [0.1, 0.15) is 11.5 Å². The molecule has 3 amide bonds. The van der Waals surface area contributed by atoms with Crippen LogP contribution in [0.1, 0.15) is 64.0 Å². The zero-order valence-corrected chi connectivity index (χ0v) is 21.1. The van der Waals surface area contributed by atoms with Crippen LogP contribution in [0.5, 0.6) is 0 Å². The van der Waals surface area contributed by atoms with E-state index in [2.05, 4.69) is 10.6 Å². The zero-order chi connectivity index (χ0) is 24.9. The van der Waals surface area contributed by atoms with Crippen molar-refractivity contribution in [3.8, 4) is 0 Å². The van der Waals surface area contributed by atoms with Gasteiger partial charge in [-0.2, -0.15) is 0 Å². The number of furan rings is 1. The van der Waals surface area contributed by atoms with E-state index in [0.717, 1.165) is 36.8 Å². The number of aryl methyl sites for hydroxylation is 3. The summed E-state index contributed by atoms with van der Waals surface area (Å²) in [7, 11) is 0. The number of carbonyl (C=O) groups is 3. The highest BCUT2D eigenvalue weighted by Crippen LogP contribution is 2.33. The Morgan fingerprint density at radius 3 is 2.51 bits per heavy atom. The molecule has 0 spiro atoms. The third-order valence-electron chi connectivity index (χ3n) is 6.28. The van der Waals surface area contributed by atoms with Crippen LogP contribution in [0.2, 0.25) is 0 Å². The highest BCUT2D eigenvalue weighted by molar-refractivity contribution is 7.12. The molecule has 0 aliphatic heterocycles. The van der Waals surface area contributed by atoms with Gasteiger partial charge in [-0.15, -0.1) is 11.3 Å². The van der Waals surface area contributed by atoms with Crippen molar-refractivity contribution in [2.75, 3.05) is 11.4 Å². The van der Waals surface area contributed by atoms with Crippen LogP contribution >= 0.6 is 11.3 Å². The molecule has 4 rings (SSSR count). The van der Waals surface area contributed by atoms with Crippen LogP contribution in [0.25, 0.3) is 0 Å². The minimum atomic E-state index is -1.00. The Morgan fingerprint density at radius 1 is 1.09 bits per heavy atom. The van der Waals surface area contributed by atoms with Crippen molar-refractivity contribution in [3.63, 3.8) is 0 Å². The van der Waals surface area contributed by atoms with Gasteiger partial charge in [0.15, 0.2) is 6.04 Å². The predicted molar refractivity (Wildman–Crippen MR) is 137 cm³/mol. The summed E-state index contributed by atoms with van der Waals surface area (Å²) in [5.41, 5.74) is 2.41. The molecule has 1 aliphatic rings. The number of nitrogens with one attached hydrogen (secondary N) is 2. The lowest BCUT2D eigenvalue weighted by Crippen LogP contribution is -2.49. The zero-order valence-electron chi connectivity index (χ0n) is 20.3. The van der Waals surface area contributed by atoms with Gasteiger partial charge in [0.25, 0.3) is 11.8 Å². The van der Waals surface area contributed by atoms with Gasteiger partial charge in [0.2, 0.25) is 5.91 Å². The number of rotatable bonds is 8. The van der Waals surface area contributed by atoms with Crippen LogP contribution in [0.15, 0.2) is 52.3 Å². The van der Waals surface area contributed by atoms with Crippen molar-refractivity contribution < 1.29 is 18.8 Å². The van der Waals surface area contributed by atoms with Crippen LogP contribution in [0, 0.1) is 20.8 Å². The molecule has 1 aromatic carbocycles. The van der Waals surface area contributed by atoms with Crippen molar-refractivity contribution >= 4 is 34.7 Å². The fourth-order valence-electron chi connectivity index (χ4n) is 4.46. The highest BCUT2D eigenvalue weighted by atomic mass is 32.1. The van der Waals surface area contributed by atoms with Gasteiger partial charge in [-0.1, -0.05) is 31.0 Å². The fraction of sp³-hybridized carbons (Fsp3) is 0.370. The molecular formula is C27H31N3O4S. The maximum atomic E-state index is 13.7. The second kappa shape index (κ2) is 10.9. The SMILES string of the molecule is Cc1ccc(C)c(N(C(=O)CNC(=O)c2cccs2)[C@@H](C(=O)NC2CCCC2)c2ccc(C)o2)c1.